The minimum atomic E-state index is -0.908. The van der Waals surface area contributed by atoms with Crippen LogP contribution in [-0.2, 0) is 5.54 Å². The number of nitrogens with one attached hydrogen (secondary N) is 1. The van der Waals surface area contributed by atoms with E-state index in [1.54, 1.807) is 6.07 Å². The molecule has 1 saturated heterocycles. The molecule has 0 radical (unpaired) electrons. The predicted molar refractivity (Wildman–Crippen MR) is 66.4 cm³/mol. The molecule has 2 rings (SSSR count). The van der Waals surface area contributed by atoms with Crippen LogP contribution in [0.1, 0.15) is 12.5 Å². The van der Waals surface area contributed by atoms with E-state index in [1.165, 1.54) is 4.90 Å². The maximum atomic E-state index is 11.3. The number of piperazine rings is 1. The Labute approximate surface area is 105 Å². The Morgan fingerprint density at radius 3 is 2.88 bits per heavy atom. The molecule has 17 heavy (non-hydrogen) atoms. The topological polar surface area (TPSA) is 52.6 Å². The number of benzene rings is 1. The second-order valence-electron chi connectivity index (χ2n) is 4.36. The molecule has 0 aromatic heterocycles. The molecule has 92 valence electrons. The zero-order chi connectivity index (χ0) is 12.5. The van der Waals surface area contributed by atoms with Gasteiger partial charge in [-0.1, -0.05) is 29.8 Å². The van der Waals surface area contributed by atoms with E-state index in [-0.39, 0.29) is 0 Å². The summed E-state index contributed by atoms with van der Waals surface area (Å²) in [5, 5.41) is 13.1. The van der Waals surface area contributed by atoms with E-state index in [0.29, 0.717) is 24.7 Å². The number of hydrogen-bond acceptors (Lipinski definition) is 2. The van der Waals surface area contributed by atoms with Gasteiger partial charge < -0.3 is 10.4 Å². The van der Waals surface area contributed by atoms with Gasteiger partial charge in [-0.05, 0) is 18.6 Å². The normalized spacial score (nSPS) is 24.7. The number of hydrogen-bond donors (Lipinski definition) is 2. The van der Waals surface area contributed by atoms with Crippen molar-refractivity contribution in [2.24, 2.45) is 0 Å². The summed E-state index contributed by atoms with van der Waals surface area (Å²) in [6, 6.07) is 7.39. The highest BCUT2D eigenvalue weighted by atomic mass is 35.5. The number of halogens is 1. The SMILES string of the molecule is CC1(c2ccccc2Cl)CNCCN1C(=O)O. The summed E-state index contributed by atoms with van der Waals surface area (Å²) in [4.78, 5) is 12.8. The van der Waals surface area contributed by atoms with Gasteiger partial charge in [0.05, 0.1) is 5.54 Å². The van der Waals surface area contributed by atoms with Gasteiger partial charge in [-0.3, -0.25) is 4.90 Å². The van der Waals surface area contributed by atoms with E-state index >= 15 is 0 Å². The van der Waals surface area contributed by atoms with Crippen LogP contribution in [0, 0.1) is 0 Å². The average molecular weight is 255 g/mol. The summed E-state index contributed by atoms with van der Waals surface area (Å²) in [7, 11) is 0. The van der Waals surface area contributed by atoms with Crippen molar-refractivity contribution in [3.8, 4) is 0 Å². The van der Waals surface area contributed by atoms with Crippen LogP contribution in [0.15, 0.2) is 24.3 Å². The average Bonchev–Trinajstić information content (AvgIpc) is 2.29. The molecule has 1 unspecified atom stereocenters. The van der Waals surface area contributed by atoms with Gasteiger partial charge in [0.25, 0.3) is 0 Å². The second-order valence-corrected chi connectivity index (χ2v) is 4.77. The molecule has 1 aliphatic heterocycles. The highest BCUT2D eigenvalue weighted by Crippen LogP contribution is 2.34. The number of rotatable bonds is 1. The molecule has 0 bridgehead atoms. The minimum Gasteiger partial charge on any atom is -0.465 e. The first-order chi connectivity index (χ1) is 8.05. The van der Waals surface area contributed by atoms with Gasteiger partial charge in [-0.15, -0.1) is 0 Å². The van der Waals surface area contributed by atoms with E-state index in [4.69, 9.17) is 11.6 Å². The Kier molecular flexibility index (Phi) is 3.26. The monoisotopic (exact) mass is 254 g/mol. The lowest BCUT2D eigenvalue weighted by Crippen LogP contribution is -2.59. The van der Waals surface area contributed by atoms with E-state index in [2.05, 4.69) is 5.32 Å². The van der Waals surface area contributed by atoms with Crippen LogP contribution in [0.4, 0.5) is 4.79 Å². The standard InChI is InChI=1S/C12H15ClN2O2/c1-12(9-4-2-3-5-10(9)13)8-14-6-7-15(12)11(16)17/h2-5,14H,6-8H2,1H3,(H,16,17). The molecule has 1 aromatic carbocycles. The molecule has 1 aliphatic rings. The summed E-state index contributed by atoms with van der Waals surface area (Å²) in [6.07, 6.45) is -0.908. The van der Waals surface area contributed by atoms with Crippen molar-refractivity contribution >= 4 is 17.7 Å². The fraction of sp³-hybridized carbons (Fsp3) is 0.417. The Hall–Kier alpha value is -1.26. The summed E-state index contributed by atoms with van der Waals surface area (Å²) in [5.74, 6) is 0. The number of amides is 1. The maximum Gasteiger partial charge on any atom is 0.408 e. The van der Waals surface area contributed by atoms with E-state index in [1.807, 2.05) is 25.1 Å². The molecule has 0 aliphatic carbocycles. The third-order valence-electron chi connectivity index (χ3n) is 3.26. The molecule has 1 atom stereocenters. The van der Waals surface area contributed by atoms with Crippen molar-refractivity contribution in [2.45, 2.75) is 12.5 Å². The first-order valence-electron chi connectivity index (χ1n) is 5.52. The molecule has 1 heterocycles. The van der Waals surface area contributed by atoms with Crippen LogP contribution in [-0.4, -0.2) is 35.7 Å². The molecular formula is C12H15ClN2O2. The quantitative estimate of drug-likeness (QED) is 0.807. The Bertz CT molecular complexity index is 438. The van der Waals surface area contributed by atoms with Gasteiger partial charge in [0.2, 0.25) is 0 Å². The van der Waals surface area contributed by atoms with Crippen molar-refractivity contribution in [1.29, 1.82) is 0 Å². The molecule has 4 nitrogen and oxygen atoms in total. The summed E-state index contributed by atoms with van der Waals surface area (Å²) in [5.41, 5.74) is 0.235. The second kappa shape index (κ2) is 4.55. The summed E-state index contributed by atoms with van der Waals surface area (Å²) >= 11 is 6.17. The van der Waals surface area contributed by atoms with E-state index in [0.717, 1.165) is 5.56 Å². The van der Waals surface area contributed by atoms with Crippen molar-refractivity contribution in [1.82, 2.24) is 10.2 Å². The maximum absolute atomic E-state index is 11.3. The first kappa shape index (κ1) is 12.2. The number of nitrogens with zero attached hydrogens (tertiary/aromatic N) is 1. The third-order valence-corrected chi connectivity index (χ3v) is 3.59. The zero-order valence-corrected chi connectivity index (χ0v) is 10.4. The molecule has 1 aromatic rings. The van der Waals surface area contributed by atoms with Crippen LogP contribution in [0.2, 0.25) is 5.02 Å². The van der Waals surface area contributed by atoms with Crippen LogP contribution >= 0.6 is 11.6 Å². The zero-order valence-electron chi connectivity index (χ0n) is 9.61. The Morgan fingerprint density at radius 1 is 1.53 bits per heavy atom. The predicted octanol–water partition coefficient (Wildman–Crippen LogP) is 2.14. The fourth-order valence-electron chi connectivity index (χ4n) is 2.31. The van der Waals surface area contributed by atoms with Gasteiger partial charge >= 0.3 is 6.09 Å². The minimum absolute atomic E-state index is 0.469. The molecule has 1 amide bonds. The Balaban J connectivity index is 2.45. The van der Waals surface area contributed by atoms with Gasteiger partial charge in [-0.25, -0.2) is 4.79 Å². The van der Waals surface area contributed by atoms with E-state index in [9.17, 15) is 9.90 Å². The lowest BCUT2D eigenvalue weighted by atomic mass is 9.88. The molecule has 1 fully saturated rings. The van der Waals surface area contributed by atoms with Crippen LogP contribution < -0.4 is 5.32 Å². The summed E-state index contributed by atoms with van der Waals surface area (Å²) < 4.78 is 0. The van der Waals surface area contributed by atoms with Gasteiger partial charge in [0.1, 0.15) is 0 Å². The van der Waals surface area contributed by atoms with Gasteiger partial charge in [0.15, 0.2) is 0 Å². The molecule has 0 spiro atoms. The lowest BCUT2D eigenvalue weighted by molar-refractivity contribution is 0.0653. The number of carbonyl (C=O) groups is 1. The van der Waals surface area contributed by atoms with Crippen molar-refractivity contribution in [2.75, 3.05) is 19.6 Å². The largest absolute Gasteiger partial charge is 0.465 e. The lowest BCUT2D eigenvalue weighted by Gasteiger charge is -2.44. The van der Waals surface area contributed by atoms with Gasteiger partial charge in [-0.2, -0.15) is 0 Å². The highest BCUT2D eigenvalue weighted by molar-refractivity contribution is 6.31. The Morgan fingerprint density at radius 2 is 2.24 bits per heavy atom. The third kappa shape index (κ3) is 2.10. The molecule has 0 saturated carbocycles. The van der Waals surface area contributed by atoms with Gasteiger partial charge in [0, 0.05) is 24.7 Å². The summed E-state index contributed by atoms with van der Waals surface area (Å²) in [6.45, 7) is 3.61. The smallest absolute Gasteiger partial charge is 0.408 e. The van der Waals surface area contributed by atoms with Crippen molar-refractivity contribution in [3.63, 3.8) is 0 Å². The first-order valence-corrected chi connectivity index (χ1v) is 5.90. The van der Waals surface area contributed by atoms with Crippen molar-refractivity contribution in [3.05, 3.63) is 34.9 Å². The number of carboxylic acid groups (broad SMARTS) is 1. The molecular weight excluding hydrogens is 240 g/mol. The molecule has 5 heteroatoms. The fourth-order valence-corrected chi connectivity index (χ4v) is 2.65. The highest BCUT2D eigenvalue weighted by Gasteiger charge is 2.40. The van der Waals surface area contributed by atoms with Crippen molar-refractivity contribution < 1.29 is 9.90 Å². The van der Waals surface area contributed by atoms with Crippen LogP contribution in [0.5, 0.6) is 0 Å². The molecule has 2 N–H and O–H groups in total. The van der Waals surface area contributed by atoms with Crippen LogP contribution in [0.25, 0.3) is 0 Å². The van der Waals surface area contributed by atoms with Crippen LogP contribution in [0.3, 0.4) is 0 Å². The van der Waals surface area contributed by atoms with E-state index < -0.39 is 11.6 Å².